The lowest BCUT2D eigenvalue weighted by atomic mass is 10.2. The number of aromatic nitrogens is 4. The van der Waals surface area contributed by atoms with Gasteiger partial charge in [0.25, 0.3) is 5.56 Å². The predicted molar refractivity (Wildman–Crippen MR) is 122 cm³/mol. The standard InChI is InChI=1S/C23H21F3N4O6/c1-12(31)11-30-20-18(21(32)28-22(30)33)29(2)19(27-20)13-4-9-16(17(10-13)34-3)35-14-5-7-15(8-6-14)36-23(24,25)26/h4-10,12,31H,11H2,1-3H3,(H,28,32,33). The van der Waals surface area contributed by atoms with Crippen LogP contribution in [0.25, 0.3) is 22.6 Å². The van der Waals surface area contributed by atoms with Crippen LogP contribution in [0.5, 0.6) is 23.0 Å². The molecule has 1 atom stereocenters. The predicted octanol–water partition coefficient (Wildman–Crippen LogP) is 3.17. The molecule has 4 aromatic rings. The number of fused-ring (bicyclic) bond motifs is 1. The van der Waals surface area contributed by atoms with Crippen LogP contribution in [0.2, 0.25) is 0 Å². The van der Waals surface area contributed by atoms with Crippen molar-refractivity contribution in [1.82, 2.24) is 19.1 Å². The highest BCUT2D eigenvalue weighted by atomic mass is 19.4. The monoisotopic (exact) mass is 506 g/mol. The molecule has 2 N–H and O–H groups in total. The van der Waals surface area contributed by atoms with Gasteiger partial charge in [0.1, 0.15) is 17.3 Å². The van der Waals surface area contributed by atoms with E-state index >= 15 is 0 Å². The van der Waals surface area contributed by atoms with Gasteiger partial charge in [-0.25, -0.2) is 9.78 Å². The summed E-state index contributed by atoms with van der Waals surface area (Å²) in [5.41, 5.74) is -0.524. The van der Waals surface area contributed by atoms with E-state index in [1.807, 2.05) is 0 Å². The molecule has 36 heavy (non-hydrogen) atoms. The zero-order valence-corrected chi connectivity index (χ0v) is 19.3. The highest BCUT2D eigenvalue weighted by Gasteiger charge is 2.31. The highest BCUT2D eigenvalue weighted by molar-refractivity contribution is 5.77. The molecule has 0 aliphatic rings. The molecule has 0 aliphatic carbocycles. The molecule has 2 aromatic carbocycles. The molecule has 2 heterocycles. The van der Waals surface area contributed by atoms with Crippen molar-refractivity contribution in [2.24, 2.45) is 7.05 Å². The Hall–Kier alpha value is -4.26. The number of imidazole rings is 1. The van der Waals surface area contributed by atoms with E-state index in [1.165, 1.54) is 35.3 Å². The molecule has 0 amide bonds. The summed E-state index contributed by atoms with van der Waals surface area (Å²) in [6.07, 6.45) is -5.65. The number of H-pyrrole nitrogens is 1. The van der Waals surface area contributed by atoms with E-state index < -0.39 is 23.7 Å². The van der Waals surface area contributed by atoms with Crippen molar-refractivity contribution in [3.8, 4) is 34.4 Å². The third-order valence-electron chi connectivity index (χ3n) is 5.17. The lowest BCUT2D eigenvalue weighted by Crippen LogP contribution is -2.33. The van der Waals surface area contributed by atoms with E-state index in [1.54, 1.807) is 25.2 Å². The summed E-state index contributed by atoms with van der Waals surface area (Å²) in [6, 6.07) is 9.68. The van der Waals surface area contributed by atoms with Gasteiger partial charge in [0, 0.05) is 12.6 Å². The van der Waals surface area contributed by atoms with Crippen molar-refractivity contribution in [1.29, 1.82) is 0 Å². The maximum atomic E-state index is 12.5. The summed E-state index contributed by atoms with van der Waals surface area (Å²) in [7, 11) is 3.02. The fourth-order valence-corrected chi connectivity index (χ4v) is 3.67. The number of hydrogen-bond acceptors (Lipinski definition) is 7. The number of aliphatic hydroxyl groups excluding tert-OH is 1. The first kappa shape index (κ1) is 24.9. The number of hydrogen-bond donors (Lipinski definition) is 2. The van der Waals surface area contributed by atoms with Crippen LogP contribution in [0.4, 0.5) is 13.2 Å². The van der Waals surface area contributed by atoms with Gasteiger partial charge in [0.05, 0.1) is 19.8 Å². The Labute approximate surface area is 201 Å². The second kappa shape index (κ2) is 9.41. The summed E-state index contributed by atoms with van der Waals surface area (Å²) < 4.78 is 54.8. The first-order valence-electron chi connectivity index (χ1n) is 10.6. The summed E-state index contributed by atoms with van der Waals surface area (Å²) in [5, 5.41) is 9.76. The van der Waals surface area contributed by atoms with Crippen molar-refractivity contribution in [3.63, 3.8) is 0 Å². The third kappa shape index (κ3) is 5.05. The fraction of sp³-hybridized carbons (Fsp3) is 0.261. The molecule has 0 fully saturated rings. The minimum atomic E-state index is -4.80. The van der Waals surface area contributed by atoms with Crippen LogP contribution in [0, 0.1) is 0 Å². The Morgan fingerprint density at radius 1 is 1.08 bits per heavy atom. The molecular weight excluding hydrogens is 485 g/mol. The Morgan fingerprint density at radius 2 is 1.75 bits per heavy atom. The third-order valence-corrected chi connectivity index (χ3v) is 5.17. The van der Waals surface area contributed by atoms with Crippen LogP contribution in [0.15, 0.2) is 52.1 Å². The second-order valence-corrected chi connectivity index (χ2v) is 7.87. The summed E-state index contributed by atoms with van der Waals surface area (Å²) in [6.45, 7) is 1.44. The molecule has 0 radical (unpaired) electrons. The number of alkyl halides is 3. The molecule has 13 heteroatoms. The van der Waals surface area contributed by atoms with Crippen molar-refractivity contribution in [3.05, 3.63) is 63.3 Å². The van der Waals surface area contributed by atoms with Crippen LogP contribution in [0.1, 0.15) is 6.92 Å². The smallest absolute Gasteiger partial charge is 0.493 e. The van der Waals surface area contributed by atoms with Gasteiger partial charge in [-0.2, -0.15) is 0 Å². The van der Waals surface area contributed by atoms with Crippen LogP contribution >= 0.6 is 0 Å². The van der Waals surface area contributed by atoms with Gasteiger partial charge in [-0.05, 0) is 49.4 Å². The largest absolute Gasteiger partial charge is 0.573 e. The summed E-state index contributed by atoms with van der Waals surface area (Å²) in [4.78, 5) is 31.5. The number of ether oxygens (including phenoxy) is 3. The minimum Gasteiger partial charge on any atom is -0.493 e. The molecule has 0 spiro atoms. The molecule has 0 bridgehead atoms. The molecule has 1 unspecified atom stereocenters. The van der Waals surface area contributed by atoms with E-state index in [2.05, 4.69) is 14.7 Å². The molecule has 10 nitrogen and oxygen atoms in total. The van der Waals surface area contributed by atoms with Crippen LogP contribution < -0.4 is 25.5 Å². The van der Waals surface area contributed by atoms with Gasteiger partial charge >= 0.3 is 12.1 Å². The molecule has 0 aliphatic heterocycles. The minimum absolute atomic E-state index is 0.0640. The number of methoxy groups -OCH3 is 1. The Kier molecular flexibility index (Phi) is 6.50. The van der Waals surface area contributed by atoms with Gasteiger partial charge in [-0.15, -0.1) is 13.2 Å². The maximum absolute atomic E-state index is 12.5. The van der Waals surface area contributed by atoms with Crippen molar-refractivity contribution < 1.29 is 32.5 Å². The number of benzene rings is 2. The number of nitrogens with one attached hydrogen (secondary N) is 1. The van der Waals surface area contributed by atoms with Gasteiger partial charge in [0.2, 0.25) is 0 Å². The normalized spacial score (nSPS) is 12.5. The number of halogens is 3. The number of nitrogens with zero attached hydrogens (tertiary/aromatic N) is 3. The maximum Gasteiger partial charge on any atom is 0.573 e. The van der Waals surface area contributed by atoms with E-state index in [4.69, 9.17) is 9.47 Å². The zero-order chi connectivity index (χ0) is 26.2. The molecular formula is C23H21F3N4O6. The average Bonchev–Trinajstić information content (AvgIpc) is 3.14. The Morgan fingerprint density at radius 3 is 2.36 bits per heavy atom. The highest BCUT2D eigenvalue weighted by Crippen LogP contribution is 2.36. The quantitative estimate of drug-likeness (QED) is 0.395. The van der Waals surface area contributed by atoms with E-state index in [0.717, 1.165) is 12.1 Å². The molecule has 0 saturated carbocycles. The SMILES string of the molecule is COc1cc(-c2nc3c(c(=O)[nH]c(=O)n3CC(C)O)n2C)ccc1Oc1ccc(OC(F)(F)F)cc1. The Balaban J connectivity index is 1.70. The topological polar surface area (TPSA) is 121 Å². The number of rotatable bonds is 7. The number of aliphatic hydroxyl groups is 1. The van der Waals surface area contributed by atoms with Crippen molar-refractivity contribution >= 4 is 11.2 Å². The molecule has 190 valence electrons. The van der Waals surface area contributed by atoms with Crippen molar-refractivity contribution in [2.45, 2.75) is 25.9 Å². The first-order chi connectivity index (χ1) is 17.0. The average molecular weight is 506 g/mol. The lowest BCUT2D eigenvalue weighted by Gasteiger charge is -2.13. The summed E-state index contributed by atoms with van der Waals surface area (Å²) >= 11 is 0. The number of aromatic amines is 1. The summed E-state index contributed by atoms with van der Waals surface area (Å²) in [5.74, 6) is 0.757. The van der Waals surface area contributed by atoms with E-state index in [-0.39, 0.29) is 40.7 Å². The fourth-order valence-electron chi connectivity index (χ4n) is 3.67. The van der Waals surface area contributed by atoms with Gasteiger partial charge < -0.3 is 23.9 Å². The van der Waals surface area contributed by atoms with Crippen LogP contribution in [0.3, 0.4) is 0 Å². The van der Waals surface area contributed by atoms with Gasteiger partial charge in [-0.3, -0.25) is 14.3 Å². The Bertz CT molecular complexity index is 1520. The zero-order valence-electron chi connectivity index (χ0n) is 19.3. The van der Waals surface area contributed by atoms with E-state index in [0.29, 0.717) is 11.4 Å². The molecule has 2 aromatic heterocycles. The lowest BCUT2D eigenvalue weighted by molar-refractivity contribution is -0.274. The molecule has 0 saturated heterocycles. The van der Waals surface area contributed by atoms with E-state index in [9.17, 15) is 27.9 Å². The second-order valence-electron chi connectivity index (χ2n) is 7.87. The van der Waals surface area contributed by atoms with Crippen LogP contribution in [-0.4, -0.2) is 43.8 Å². The number of aryl methyl sites for hydroxylation is 1. The molecule has 4 rings (SSSR count). The van der Waals surface area contributed by atoms with Gasteiger partial charge in [0.15, 0.2) is 22.7 Å². The first-order valence-corrected chi connectivity index (χ1v) is 10.6. The van der Waals surface area contributed by atoms with Gasteiger partial charge in [-0.1, -0.05) is 0 Å². The van der Waals surface area contributed by atoms with Crippen LogP contribution in [-0.2, 0) is 13.6 Å². The van der Waals surface area contributed by atoms with Crippen molar-refractivity contribution in [2.75, 3.05) is 7.11 Å².